The molecular weight excluding hydrogens is 587 g/mol. The van der Waals surface area contributed by atoms with E-state index in [2.05, 4.69) is 13.2 Å². The summed E-state index contributed by atoms with van der Waals surface area (Å²) in [4.78, 5) is 42.7. The molecule has 5 heterocycles. The number of hydrogen-bond acceptors (Lipinski definition) is 2. The van der Waals surface area contributed by atoms with Gasteiger partial charge in [-0.15, -0.1) is 44.2 Å². The fraction of sp³-hybridized carbons (Fsp3) is 0.235. The number of carboxylic acids is 2. The molecule has 0 saturated carbocycles. The van der Waals surface area contributed by atoms with Crippen molar-refractivity contribution in [3.05, 3.63) is 102 Å². The van der Waals surface area contributed by atoms with Crippen LogP contribution < -0.4 is 41.3 Å². The maximum atomic E-state index is 11.5. The van der Waals surface area contributed by atoms with Crippen molar-refractivity contribution >= 4 is 48.4 Å². The molecule has 5 rings (SSSR count). The molecule has 4 aromatic rings. The maximum Gasteiger partial charge on any atom is 0.303 e. The van der Waals surface area contributed by atoms with Crippen LogP contribution >= 0.6 is 0 Å². The van der Waals surface area contributed by atoms with Crippen molar-refractivity contribution in [1.82, 2.24) is 19.9 Å². The van der Waals surface area contributed by atoms with Gasteiger partial charge in [-0.2, -0.15) is 0 Å². The van der Waals surface area contributed by atoms with E-state index in [-0.39, 0.29) is 29.3 Å². The Morgan fingerprint density at radius 1 is 0.605 bits per heavy atom. The number of aromatic nitrogens is 4. The monoisotopic (exact) mass is 618 g/mol. The zero-order valence-corrected chi connectivity index (χ0v) is 25.5. The Bertz CT molecular complexity index is 2030. The SMILES string of the molecule is C=Cc1c2[n-]c(c1C)/C=c1\[n-]/c(c(CCC(=O)O)c1C)=C\c1[n-]c(c(C)c1CCC(=O)O)/C=c1\[n-]/c(c(C)c1C=C)=C\2.[Ni]. The zero-order valence-electron chi connectivity index (χ0n) is 24.5. The van der Waals surface area contributed by atoms with Crippen LogP contribution in [0.5, 0.6) is 0 Å². The van der Waals surface area contributed by atoms with Gasteiger partial charge in [0.2, 0.25) is 0 Å². The van der Waals surface area contributed by atoms with Crippen LogP contribution in [0.3, 0.4) is 0 Å². The summed E-state index contributed by atoms with van der Waals surface area (Å²) in [5, 5.41) is 21.7. The summed E-state index contributed by atoms with van der Waals surface area (Å²) in [6.45, 7) is 15.9. The van der Waals surface area contributed by atoms with Crippen molar-refractivity contribution in [3.8, 4) is 0 Å². The quantitative estimate of drug-likeness (QED) is 0.251. The minimum absolute atomic E-state index is 0. The Kier molecular flexibility index (Phi) is 9.07. The second-order valence-corrected chi connectivity index (χ2v) is 10.6. The Morgan fingerprint density at radius 2 is 1.09 bits per heavy atom. The summed E-state index contributed by atoms with van der Waals surface area (Å²) in [7, 11) is 0. The molecule has 0 saturated heterocycles. The van der Waals surface area contributed by atoms with Crippen LogP contribution in [-0.2, 0) is 38.9 Å². The Hall–Kier alpha value is -4.49. The molecule has 0 aliphatic carbocycles. The largest absolute Gasteiger partial charge is 0.657 e. The van der Waals surface area contributed by atoms with Crippen LogP contribution in [0.2, 0.25) is 0 Å². The molecule has 4 aromatic heterocycles. The molecule has 1 aliphatic rings. The van der Waals surface area contributed by atoms with Gasteiger partial charge in [-0.1, -0.05) is 83.0 Å². The number of hydrogen-bond donors (Lipinski definition) is 2. The third-order valence-electron chi connectivity index (χ3n) is 8.06. The predicted molar refractivity (Wildman–Crippen MR) is 163 cm³/mol. The van der Waals surface area contributed by atoms with Crippen LogP contribution in [0, 0.1) is 27.7 Å². The number of aliphatic carboxylic acids is 2. The molecule has 0 unspecified atom stereocenters. The molecule has 0 spiro atoms. The van der Waals surface area contributed by atoms with E-state index < -0.39 is 11.9 Å². The van der Waals surface area contributed by atoms with Gasteiger partial charge in [0, 0.05) is 29.3 Å². The van der Waals surface area contributed by atoms with E-state index >= 15 is 0 Å². The van der Waals surface area contributed by atoms with Gasteiger partial charge in [-0.05, 0) is 51.7 Å². The van der Waals surface area contributed by atoms with E-state index in [0.29, 0.717) is 40.3 Å². The van der Waals surface area contributed by atoms with Crippen molar-refractivity contribution in [2.45, 2.75) is 53.4 Å². The molecule has 8 bridgehead atoms. The average molecular weight is 619 g/mol. The molecule has 0 radical (unpaired) electrons. The van der Waals surface area contributed by atoms with E-state index in [0.717, 1.165) is 61.2 Å². The van der Waals surface area contributed by atoms with Crippen LogP contribution in [0.15, 0.2) is 13.2 Å². The molecular formula is C34H32N4NiO4-4. The van der Waals surface area contributed by atoms with Crippen LogP contribution in [0.25, 0.3) is 36.5 Å². The van der Waals surface area contributed by atoms with Crippen molar-refractivity contribution in [2.24, 2.45) is 0 Å². The summed E-state index contributed by atoms with van der Waals surface area (Å²) >= 11 is 0. The van der Waals surface area contributed by atoms with Gasteiger partial charge in [0.25, 0.3) is 0 Å². The summed E-state index contributed by atoms with van der Waals surface area (Å²) in [6.07, 6.45) is 11.7. The first-order valence-corrected chi connectivity index (χ1v) is 13.8. The number of carboxylic acid groups (broad SMARTS) is 2. The Balaban J connectivity index is 0.00000423. The average Bonchev–Trinajstić information content (AvgIpc) is 3.59. The van der Waals surface area contributed by atoms with E-state index in [1.54, 1.807) is 12.2 Å². The molecule has 2 N–H and O–H groups in total. The van der Waals surface area contributed by atoms with Crippen molar-refractivity contribution in [2.75, 3.05) is 0 Å². The number of fused-ring (bicyclic) bond motifs is 8. The van der Waals surface area contributed by atoms with Gasteiger partial charge in [0.15, 0.2) is 0 Å². The number of rotatable bonds is 8. The second kappa shape index (κ2) is 12.4. The third-order valence-corrected chi connectivity index (χ3v) is 8.06. The first kappa shape index (κ1) is 31.4. The molecule has 0 fully saturated rings. The van der Waals surface area contributed by atoms with Gasteiger partial charge in [0.05, 0.1) is 0 Å². The minimum Gasteiger partial charge on any atom is -0.657 e. The van der Waals surface area contributed by atoms with Gasteiger partial charge in [-0.25, -0.2) is 0 Å². The molecule has 0 aromatic carbocycles. The number of carbonyl (C=O) groups is 2. The number of nitrogens with zero attached hydrogens (tertiary/aromatic N) is 4. The van der Waals surface area contributed by atoms with E-state index in [4.69, 9.17) is 19.9 Å². The molecule has 0 amide bonds. The molecule has 8 nitrogen and oxygen atoms in total. The first-order valence-electron chi connectivity index (χ1n) is 13.8. The van der Waals surface area contributed by atoms with Gasteiger partial charge in [-0.3, -0.25) is 9.59 Å². The Labute approximate surface area is 259 Å². The van der Waals surface area contributed by atoms with Gasteiger partial charge in [0.1, 0.15) is 0 Å². The smallest absolute Gasteiger partial charge is 0.303 e. The van der Waals surface area contributed by atoms with Crippen LogP contribution in [0.1, 0.15) is 80.1 Å². The molecule has 9 heteroatoms. The van der Waals surface area contributed by atoms with Gasteiger partial charge < -0.3 is 30.1 Å². The van der Waals surface area contributed by atoms with E-state index in [1.165, 1.54) is 0 Å². The summed E-state index contributed by atoms with van der Waals surface area (Å²) in [5.74, 6) is -1.80. The summed E-state index contributed by atoms with van der Waals surface area (Å²) < 4.78 is 0. The first-order chi connectivity index (χ1) is 20.0. The molecule has 0 atom stereocenters. The molecule has 43 heavy (non-hydrogen) atoms. The van der Waals surface area contributed by atoms with Crippen molar-refractivity contribution < 1.29 is 36.3 Å². The van der Waals surface area contributed by atoms with Crippen LogP contribution in [-0.4, -0.2) is 22.2 Å². The van der Waals surface area contributed by atoms with Crippen molar-refractivity contribution in [1.29, 1.82) is 0 Å². The zero-order chi connectivity index (χ0) is 30.3. The standard InChI is InChI=1S/C34H32N4O4.Ni/c1-7-21-17(3)25-13-26-19(5)23(9-11-33(39)40)31(37-26)16-32-24(10-12-34(41)42)20(6)28(38-32)15-30-22(8-2)18(4)27(36-30)14-29(21)35-25;/h7-8,13-16H,1-2,9-12H2,3-6H3,(H,39,40)(H,41,42);/q-4;/b25-13?,26-13-,27-14-,28-15?,29-14?,30-15-,31-16-,32-16?;. The van der Waals surface area contributed by atoms with Crippen molar-refractivity contribution in [3.63, 3.8) is 0 Å². The Morgan fingerprint density at radius 3 is 1.72 bits per heavy atom. The second-order valence-electron chi connectivity index (χ2n) is 10.6. The van der Waals surface area contributed by atoms with E-state index in [9.17, 15) is 19.8 Å². The normalized spacial score (nSPS) is 15.0. The fourth-order valence-electron chi connectivity index (χ4n) is 5.61. The maximum absolute atomic E-state index is 11.5. The summed E-state index contributed by atoms with van der Waals surface area (Å²) in [5.41, 5.74) is 9.84. The predicted octanol–water partition coefficient (Wildman–Crippen LogP) is 1.70. The summed E-state index contributed by atoms with van der Waals surface area (Å²) in [6, 6.07) is 0. The minimum atomic E-state index is -0.898. The van der Waals surface area contributed by atoms with Gasteiger partial charge >= 0.3 is 11.9 Å². The topological polar surface area (TPSA) is 131 Å². The van der Waals surface area contributed by atoms with E-state index in [1.807, 2.05) is 52.0 Å². The molecule has 1 aliphatic heterocycles. The fourth-order valence-corrected chi connectivity index (χ4v) is 5.61. The van der Waals surface area contributed by atoms with Crippen LogP contribution in [0.4, 0.5) is 0 Å². The third kappa shape index (κ3) is 5.90. The molecule has 226 valence electrons.